The van der Waals surface area contributed by atoms with E-state index in [2.05, 4.69) is 5.32 Å². The van der Waals surface area contributed by atoms with Gasteiger partial charge in [0.1, 0.15) is 17.4 Å². The van der Waals surface area contributed by atoms with Gasteiger partial charge in [-0.15, -0.1) is 0 Å². The van der Waals surface area contributed by atoms with E-state index in [-0.39, 0.29) is 24.1 Å². The minimum Gasteiger partial charge on any atom is -0.484 e. The normalized spacial score (nSPS) is 15.4. The van der Waals surface area contributed by atoms with Crippen molar-refractivity contribution in [1.82, 2.24) is 5.32 Å². The predicted molar refractivity (Wildman–Crippen MR) is 89.7 cm³/mol. The van der Waals surface area contributed by atoms with E-state index in [1.807, 2.05) is 0 Å². The van der Waals surface area contributed by atoms with Crippen LogP contribution in [-0.2, 0) is 9.59 Å². The molecule has 1 aromatic carbocycles. The molecular formula is C18H21N3O3. The van der Waals surface area contributed by atoms with E-state index in [0.29, 0.717) is 11.3 Å². The number of hydrogen-bond donors (Lipinski definition) is 2. The largest absolute Gasteiger partial charge is 0.484 e. The quantitative estimate of drug-likeness (QED) is 0.615. The Bertz CT molecular complexity index is 653. The van der Waals surface area contributed by atoms with E-state index in [4.69, 9.17) is 15.7 Å². The molecule has 1 aromatic rings. The van der Waals surface area contributed by atoms with Crippen LogP contribution in [-0.4, -0.2) is 24.5 Å². The SMILES string of the molecule is N#C/C(=C/c1ccc(OCC(=O)NC2CCCCC2)cc1)C(N)=O. The fourth-order valence-corrected chi connectivity index (χ4v) is 2.65. The molecule has 2 rings (SSSR count). The highest BCUT2D eigenvalue weighted by molar-refractivity contribution is 6.00. The molecule has 24 heavy (non-hydrogen) atoms. The fraction of sp³-hybridized carbons (Fsp3) is 0.389. The van der Waals surface area contributed by atoms with Crippen LogP contribution in [0.4, 0.5) is 0 Å². The van der Waals surface area contributed by atoms with Crippen molar-refractivity contribution >= 4 is 17.9 Å². The lowest BCUT2D eigenvalue weighted by molar-refractivity contribution is -0.124. The van der Waals surface area contributed by atoms with Crippen molar-refractivity contribution in [1.29, 1.82) is 5.26 Å². The van der Waals surface area contributed by atoms with E-state index >= 15 is 0 Å². The second kappa shape index (κ2) is 8.73. The summed E-state index contributed by atoms with van der Waals surface area (Å²) in [6, 6.07) is 8.74. The number of carbonyl (C=O) groups is 2. The van der Waals surface area contributed by atoms with Crippen molar-refractivity contribution < 1.29 is 14.3 Å². The number of rotatable bonds is 6. The van der Waals surface area contributed by atoms with Gasteiger partial charge in [-0.2, -0.15) is 5.26 Å². The zero-order chi connectivity index (χ0) is 17.4. The summed E-state index contributed by atoms with van der Waals surface area (Å²) in [5.74, 6) is -0.341. The van der Waals surface area contributed by atoms with Crippen LogP contribution in [0.2, 0.25) is 0 Å². The summed E-state index contributed by atoms with van der Waals surface area (Å²) < 4.78 is 5.45. The Balaban J connectivity index is 1.84. The smallest absolute Gasteiger partial charge is 0.259 e. The molecule has 0 saturated heterocycles. The van der Waals surface area contributed by atoms with Gasteiger partial charge < -0.3 is 15.8 Å². The molecule has 0 heterocycles. The molecule has 0 bridgehead atoms. The Morgan fingerprint density at radius 1 is 1.25 bits per heavy atom. The van der Waals surface area contributed by atoms with Gasteiger partial charge in [-0.05, 0) is 36.6 Å². The maximum Gasteiger partial charge on any atom is 0.259 e. The summed E-state index contributed by atoms with van der Waals surface area (Å²) in [6.45, 7) is -0.0313. The van der Waals surface area contributed by atoms with Gasteiger partial charge in [0.2, 0.25) is 0 Å². The molecule has 0 radical (unpaired) electrons. The van der Waals surface area contributed by atoms with Gasteiger partial charge in [-0.1, -0.05) is 31.4 Å². The molecule has 0 unspecified atom stereocenters. The van der Waals surface area contributed by atoms with Crippen LogP contribution in [0, 0.1) is 11.3 Å². The Morgan fingerprint density at radius 2 is 1.92 bits per heavy atom. The molecule has 6 nitrogen and oxygen atoms in total. The lowest BCUT2D eigenvalue weighted by Crippen LogP contribution is -2.38. The highest BCUT2D eigenvalue weighted by atomic mass is 16.5. The first-order valence-corrected chi connectivity index (χ1v) is 8.02. The molecule has 6 heteroatoms. The summed E-state index contributed by atoms with van der Waals surface area (Å²) in [5, 5.41) is 11.8. The van der Waals surface area contributed by atoms with E-state index < -0.39 is 5.91 Å². The number of primary amides is 1. The van der Waals surface area contributed by atoms with Crippen LogP contribution in [0.5, 0.6) is 5.75 Å². The number of benzene rings is 1. The lowest BCUT2D eigenvalue weighted by atomic mass is 9.95. The number of hydrogen-bond acceptors (Lipinski definition) is 4. The van der Waals surface area contributed by atoms with Crippen molar-refractivity contribution in [2.24, 2.45) is 5.73 Å². The van der Waals surface area contributed by atoms with Crippen LogP contribution in [0.25, 0.3) is 6.08 Å². The maximum atomic E-state index is 11.9. The van der Waals surface area contributed by atoms with Crippen LogP contribution < -0.4 is 15.8 Å². The third kappa shape index (κ3) is 5.43. The van der Waals surface area contributed by atoms with Crippen LogP contribution in [0.3, 0.4) is 0 Å². The van der Waals surface area contributed by atoms with Gasteiger partial charge >= 0.3 is 0 Å². The molecule has 0 atom stereocenters. The Morgan fingerprint density at radius 3 is 2.50 bits per heavy atom. The number of ether oxygens (including phenoxy) is 1. The third-order valence-corrected chi connectivity index (χ3v) is 3.92. The molecule has 126 valence electrons. The summed E-state index contributed by atoms with van der Waals surface area (Å²) in [4.78, 5) is 22.9. The molecule has 2 amide bonds. The topological polar surface area (TPSA) is 105 Å². The third-order valence-electron chi connectivity index (χ3n) is 3.92. The Hall–Kier alpha value is -2.81. The van der Waals surface area contributed by atoms with Gasteiger partial charge in [-0.3, -0.25) is 9.59 Å². The number of nitriles is 1. The average Bonchev–Trinajstić information content (AvgIpc) is 2.59. The van der Waals surface area contributed by atoms with E-state index in [1.54, 1.807) is 30.3 Å². The van der Waals surface area contributed by atoms with Gasteiger partial charge in [-0.25, -0.2) is 0 Å². The minimum absolute atomic E-state index is 0.0313. The first-order valence-electron chi connectivity index (χ1n) is 8.02. The Kier molecular flexibility index (Phi) is 6.38. The van der Waals surface area contributed by atoms with Gasteiger partial charge in [0.05, 0.1) is 0 Å². The number of nitrogens with zero attached hydrogens (tertiary/aromatic N) is 1. The zero-order valence-electron chi connectivity index (χ0n) is 13.5. The summed E-state index contributed by atoms with van der Waals surface area (Å²) in [7, 11) is 0. The molecule has 0 aromatic heterocycles. The first-order chi connectivity index (χ1) is 11.6. The predicted octanol–water partition coefficient (Wildman–Crippen LogP) is 1.91. The molecular weight excluding hydrogens is 306 g/mol. The van der Waals surface area contributed by atoms with E-state index in [9.17, 15) is 9.59 Å². The maximum absolute atomic E-state index is 11.9. The molecule has 0 spiro atoms. The fourth-order valence-electron chi connectivity index (χ4n) is 2.65. The second-order valence-electron chi connectivity index (χ2n) is 5.79. The average molecular weight is 327 g/mol. The molecule has 1 aliphatic rings. The number of amides is 2. The summed E-state index contributed by atoms with van der Waals surface area (Å²) >= 11 is 0. The number of nitrogens with two attached hydrogens (primary N) is 1. The van der Waals surface area contributed by atoms with Crippen molar-refractivity contribution in [2.45, 2.75) is 38.1 Å². The zero-order valence-corrected chi connectivity index (χ0v) is 13.5. The van der Waals surface area contributed by atoms with Crippen molar-refractivity contribution in [2.75, 3.05) is 6.61 Å². The molecule has 1 saturated carbocycles. The highest BCUT2D eigenvalue weighted by Crippen LogP contribution is 2.17. The number of carbonyl (C=O) groups excluding carboxylic acids is 2. The van der Waals surface area contributed by atoms with Crippen LogP contribution >= 0.6 is 0 Å². The van der Waals surface area contributed by atoms with Crippen LogP contribution in [0.1, 0.15) is 37.7 Å². The second-order valence-corrected chi connectivity index (χ2v) is 5.79. The van der Waals surface area contributed by atoms with Gasteiger partial charge in [0.25, 0.3) is 11.8 Å². The Labute approximate surface area is 141 Å². The van der Waals surface area contributed by atoms with Gasteiger partial charge in [0, 0.05) is 6.04 Å². The molecule has 1 aliphatic carbocycles. The van der Waals surface area contributed by atoms with Crippen LogP contribution in [0.15, 0.2) is 29.8 Å². The monoisotopic (exact) mass is 327 g/mol. The van der Waals surface area contributed by atoms with E-state index in [0.717, 1.165) is 25.7 Å². The lowest BCUT2D eigenvalue weighted by Gasteiger charge is -2.22. The van der Waals surface area contributed by atoms with Crippen molar-refractivity contribution in [3.8, 4) is 11.8 Å². The summed E-state index contributed by atoms with van der Waals surface area (Å²) in [6.07, 6.45) is 7.05. The summed E-state index contributed by atoms with van der Waals surface area (Å²) in [5.41, 5.74) is 5.63. The molecule has 3 N–H and O–H groups in total. The molecule has 0 aliphatic heterocycles. The highest BCUT2D eigenvalue weighted by Gasteiger charge is 2.15. The standard InChI is InChI=1S/C18H21N3O3/c19-11-14(18(20)23)10-13-6-8-16(9-7-13)24-12-17(22)21-15-4-2-1-3-5-15/h6-10,15H,1-5,12H2,(H2,20,23)(H,21,22)/b14-10-. The van der Waals surface area contributed by atoms with Crippen molar-refractivity contribution in [3.63, 3.8) is 0 Å². The minimum atomic E-state index is -0.766. The first kappa shape index (κ1) is 17.5. The van der Waals surface area contributed by atoms with E-state index in [1.165, 1.54) is 12.5 Å². The molecule has 1 fully saturated rings. The van der Waals surface area contributed by atoms with Gasteiger partial charge in [0.15, 0.2) is 6.61 Å². The van der Waals surface area contributed by atoms with Crippen molar-refractivity contribution in [3.05, 3.63) is 35.4 Å². The number of nitrogens with one attached hydrogen (secondary N) is 1.